The molecule has 1 aliphatic rings. The number of morpholine rings is 1. The Balaban J connectivity index is 1.73. The normalized spacial score (nSPS) is 15.4. The molecule has 0 radical (unpaired) electrons. The fourth-order valence-corrected chi connectivity index (χ4v) is 4.70. The highest BCUT2D eigenvalue weighted by molar-refractivity contribution is 7.89. The fraction of sp³-hybridized carbons (Fsp3) is 0.350. The molecule has 0 aliphatic carbocycles. The zero-order valence-electron chi connectivity index (χ0n) is 15.3. The molecule has 3 rings (SSSR count). The molecule has 2 aromatic carbocycles. The van der Waals surface area contributed by atoms with Gasteiger partial charge in [-0.3, -0.25) is 4.79 Å². The molecule has 2 aromatic rings. The highest BCUT2D eigenvalue weighted by Gasteiger charge is 2.29. The Morgan fingerprint density at radius 1 is 1.07 bits per heavy atom. The fourth-order valence-electron chi connectivity index (χ4n) is 3.10. The van der Waals surface area contributed by atoms with Gasteiger partial charge in [0.25, 0.3) is 5.91 Å². The number of amides is 1. The summed E-state index contributed by atoms with van der Waals surface area (Å²) in [5, 5.41) is 2.84. The van der Waals surface area contributed by atoms with Crippen LogP contribution in [0.2, 0.25) is 0 Å². The Labute approximate surface area is 160 Å². The van der Waals surface area contributed by atoms with Crippen LogP contribution in [-0.4, -0.2) is 51.5 Å². The number of carbonyl (C=O) groups is 1. The van der Waals surface area contributed by atoms with Crippen molar-refractivity contribution < 1.29 is 17.9 Å². The van der Waals surface area contributed by atoms with Gasteiger partial charge in [0, 0.05) is 19.6 Å². The molecule has 1 N–H and O–H groups in total. The number of nitrogens with one attached hydrogen (secondary N) is 1. The molecule has 7 heteroatoms. The minimum Gasteiger partial charge on any atom is -0.379 e. The van der Waals surface area contributed by atoms with Gasteiger partial charge in [-0.15, -0.1) is 0 Å². The maximum absolute atomic E-state index is 12.9. The quantitative estimate of drug-likeness (QED) is 0.821. The summed E-state index contributed by atoms with van der Waals surface area (Å²) < 4.78 is 32.5. The molecule has 0 atom stereocenters. The van der Waals surface area contributed by atoms with Crippen LogP contribution >= 0.6 is 0 Å². The number of rotatable bonds is 6. The van der Waals surface area contributed by atoms with E-state index in [1.807, 2.05) is 31.2 Å². The molecule has 0 bridgehead atoms. The molecular formula is C20H24N2O4S. The van der Waals surface area contributed by atoms with Gasteiger partial charge >= 0.3 is 0 Å². The molecule has 6 nitrogen and oxygen atoms in total. The highest BCUT2D eigenvalue weighted by Crippen LogP contribution is 2.21. The molecule has 0 spiro atoms. The zero-order chi connectivity index (χ0) is 19.3. The summed E-state index contributed by atoms with van der Waals surface area (Å²) in [6.45, 7) is 3.79. The standard InChI is InChI=1S/C20H24N2O4S/c1-16-6-2-3-7-17(16)10-11-21-20(23)18-8-4-5-9-19(18)27(24,25)22-12-14-26-15-13-22/h2-9H,10-15H2,1H3,(H,21,23). The number of sulfonamides is 1. The third-order valence-corrected chi connectivity index (χ3v) is 6.62. The van der Waals surface area contributed by atoms with E-state index in [0.717, 1.165) is 5.56 Å². The van der Waals surface area contributed by atoms with Crippen LogP contribution in [0.25, 0.3) is 0 Å². The summed E-state index contributed by atoms with van der Waals surface area (Å²) in [6, 6.07) is 14.3. The van der Waals surface area contributed by atoms with Gasteiger partial charge in [0.1, 0.15) is 0 Å². The Morgan fingerprint density at radius 2 is 1.74 bits per heavy atom. The van der Waals surface area contributed by atoms with Crippen molar-refractivity contribution >= 4 is 15.9 Å². The van der Waals surface area contributed by atoms with E-state index in [1.54, 1.807) is 18.2 Å². The van der Waals surface area contributed by atoms with Crippen molar-refractivity contribution in [2.75, 3.05) is 32.8 Å². The van der Waals surface area contributed by atoms with Crippen molar-refractivity contribution in [1.82, 2.24) is 9.62 Å². The molecule has 144 valence electrons. The van der Waals surface area contributed by atoms with Crippen molar-refractivity contribution in [2.24, 2.45) is 0 Å². The van der Waals surface area contributed by atoms with Crippen LogP contribution in [0.4, 0.5) is 0 Å². The molecule has 1 saturated heterocycles. The molecule has 1 heterocycles. The van der Waals surface area contributed by atoms with E-state index >= 15 is 0 Å². The lowest BCUT2D eigenvalue weighted by Crippen LogP contribution is -2.41. The van der Waals surface area contributed by atoms with Crippen molar-refractivity contribution in [3.63, 3.8) is 0 Å². The summed E-state index contributed by atoms with van der Waals surface area (Å²) in [4.78, 5) is 12.7. The maximum Gasteiger partial charge on any atom is 0.252 e. The maximum atomic E-state index is 12.9. The van der Waals surface area contributed by atoms with E-state index in [4.69, 9.17) is 4.74 Å². The Hall–Kier alpha value is -2.22. The smallest absolute Gasteiger partial charge is 0.252 e. The summed E-state index contributed by atoms with van der Waals surface area (Å²) in [5.41, 5.74) is 2.50. The first-order valence-electron chi connectivity index (χ1n) is 9.00. The van der Waals surface area contributed by atoms with Crippen LogP contribution in [0.3, 0.4) is 0 Å². The first-order chi connectivity index (χ1) is 13.0. The molecule has 0 unspecified atom stereocenters. The van der Waals surface area contributed by atoms with E-state index in [0.29, 0.717) is 39.3 Å². The Morgan fingerprint density at radius 3 is 2.48 bits per heavy atom. The van der Waals surface area contributed by atoms with Crippen LogP contribution in [0.5, 0.6) is 0 Å². The second kappa shape index (κ2) is 8.65. The lowest BCUT2D eigenvalue weighted by atomic mass is 10.1. The minimum atomic E-state index is -3.73. The third kappa shape index (κ3) is 4.55. The Bertz CT molecular complexity index is 906. The monoisotopic (exact) mass is 388 g/mol. The van der Waals surface area contributed by atoms with Gasteiger partial charge in [0.2, 0.25) is 10.0 Å². The van der Waals surface area contributed by atoms with E-state index in [2.05, 4.69) is 5.32 Å². The number of ether oxygens (including phenoxy) is 1. The Kier molecular flexibility index (Phi) is 6.26. The number of carbonyl (C=O) groups excluding carboxylic acids is 1. The number of aryl methyl sites for hydroxylation is 1. The summed E-state index contributed by atoms with van der Waals surface area (Å²) >= 11 is 0. The van der Waals surface area contributed by atoms with Gasteiger partial charge in [-0.05, 0) is 36.6 Å². The first-order valence-corrected chi connectivity index (χ1v) is 10.4. The molecular weight excluding hydrogens is 364 g/mol. The molecule has 1 aliphatic heterocycles. The van der Waals surface area contributed by atoms with Crippen molar-refractivity contribution in [2.45, 2.75) is 18.2 Å². The first kappa shape index (κ1) is 19.5. The minimum absolute atomic E-state index is 0.0419. The predicted octanol–water partition coefficient (Wildman–Crippen LogP) is 1.99. The lowest BCUT2D eigenvalue weighted by Gasteiger charge is -2.26. The van der Waals surface area contributed by atoms with E-state index < -0.39 is 10.0 Å². The SMILES string of the molecule is Cc1ccccc1CCNC(=O)c1ccccc1S(=O)(=O)N1CCOCC1. The second-order valence-electron chi connectivity index (χ2n) is 6.45. The molecule has 1 amide bonds. The van der Waals surface area contributed by atoms with E-state index in [9.17, 15) is 13.2 Å². The lowest BCUT2D eigenvalue weighted by molar-refractivity contribution is 0.0730. The van der Waals surface area contributed by atoms with Gasteiger partial charge in [0.05, 0.1) is 23.7 Å². The number of benzene rings is 2. The van der Waals surface area contributed by atoms with Crippen LogP contribution in [-0.2, 0) is 21.2 Å². The molecule has 1 fully saturated rings. The van der Waals surface area contributed by atoms with Crippen LogP contribution in [0.15, 0.2) is 53.4 Å². The van der Waals surface area contributed by atoms with E-state index in [-0.39, 0.29) is 16.4 Å². The number of hydrogen-bond acceptors (Lipinski definition) is 4. The second-order valence-corrected chi connectivity index (χ2v) is 8.35. The van der Waals surface area contributed by atoms with E-state index in [1.165, 1.54) is 15.9 Å². The van der Waals surface area contributed by atoms with Crippen molar-refractivity contribution in [3.05, 3.63) is 65.2 Å². The van der Waals surface area contributed by atoms with Gasteiger partial charge in [-0.25, -0.2) is 8.42 Å². The summed E-state index contributed by atoms with van der Waals surface area (Å²) in [6.07, 6.45) is 0.691. The van der Waals surface area contributed by atoms with Crippen LogP contribution < -0.4 is 5.32 Å². The predicted molar refractivity (Wildman–Crippen MR) is 103 cm³/mol. The average molecular weight is 388 g/mol. The van der Waals surface area contributed by atoms with Crippen molar-refractivity contribution in [3.8, 4) is 0 Å². The topological polar surface area (TPSA) is 75.7 Å². The third-order valence-electron chi connectivity index (χ3n) is 4.66. The van der Waals surface area contributed by atoms with Crippen LogP contribution in [0, 0.1) is 6.92 Å². The largest absolute Gasteiger partial charge is 0.379 e. The summed E-state index contributed by atoms with van der Waals surface area (Å²) in [7, 11) is -3.73. The van der Waals surface area contributed by atoms with Gasteiger partial charge in [-0.2, -0.15) is 4.31 Å². The average Bonchev–Trinajstić information content (AvgIpc) is 2.70. The van der Waals surface area contributed by atoms with Gasteiger partial charge in [0.15, 0.2) is 0 Å². The number of hydrogen-bond donors (Lipinski definition) is 1. The molecule has 27 heavy (non-hydrogen) atoms. The van der Waals surface area contributed by atoms with Gasteiger partial charge in [-0.1, -0.05) is 36.4 Å². The molecule has 0 aromatic heterocycles. The number of nitrogens with zero attached hydrogens (tertiary/aromatic N) is 1. The zero-order valence-corrected chi connectivity index (χ0v) is 16.2. The van der Waals surface area contributed by atoms with Crippen molar-refractivity contribution in [1.29, 1.82) is 0 Å². The van der Waals surface area contributed by atoms with Gasteiger partial charge < -0.3 is 10.1 Å². The molecule has 0 saturated carbocycles. The summed E-state index contributed by atoms with van der Waals surface area (Å²) in [5.74, 6) is -0.379. The highest BCUT2D eigenvalue weighted by atomic mass is 32.2. The van der Waals surface area contributed by atoms with Crippen LogP contribution in [0.1, 0.15) is 21.5 Å².